The van der Waals surface area contributed by atoms with Crippen LogP contribution in [0.25, 0.3) is 0 Å². The number of methoxy groups -OCH3 is 1. The van der Waals surface area contributed by atoms with Gasteiger partial charge >= 0.3 is 0 Å². The quantitative estimate of drug-likeness (QED) is 0.815. The van der Waals surface area contributed by atoms with Crippen molar-refractivity contribution < 1.29 is 4.74 Å². The molecule has 1 N–H and O–H groups in total. The SMILES string of the molecule is CCCC1CNC2(CCCC2)CN1C(C)COC. The van der Waals surface area contributed by atoms with Crippen LogP contribution in [0.5, 0.6) is 0 Å². The van der Waals surface area contributed by atoms with Gasteiger partial charge in [-0.25, -0.2) is 0 Å². The van der Waals surface area contributed by atoms with Crippen molar-refractivity contribution in [3.8, 4) is 0 Å². The van der Waals surface area contributed by atoms with Gasteiger partial charge < -0.3 is 10.1 Å². The molecule has 1 heterocycles. The Hall–Kier alpha value is -0.120. The first-order valence-electron chi connectivity index (χ1n) is 7.70. The normalized spacial score (nSPS) is 29.8. The first kappa shape index (κ1) is 14.3. The van der Waals surface area contributed by atoms with Crippen LogP contribution in [0.2, 0.25) is 0 Å². The zero-order valence-corrected chi connectivity index (χ0v) is 12.4. The zero-order valence-electron chi connectivity index (χ0n) is 12.4. The summed E-state index contributed by atoms with van der Waals surface area (Å²) in [5.74, 6) is 0. The lowest BCUT2D eigenvalue weighted by molar-refractivity contribution is 0.0128. The molecule has 3 nitrogen and oxygen atoms in total. The number of hydrogen-bond donors (Lipinski definition) is 1. The van der Waals surface area contributed by atoms with Crippen molar-refractivity contribution in [1.29, 1.82) is 0 Å². The van der Waals surface area contributed by atoms with Crippen LogP contribution in [-0.2, 0) is 4.74 Å². The predicted octanol–water partition coefficient (Wildman–Crippen LogP) is 2.41. The summed E-state index contributed by atoms with van der Waals surface area (Å²) >= 11 is 0. The second-order valence-corrected chi connectivity index (χ2v) is 6.29. The third kappa shape index (κ3) is 3.06. The van der Waals surface area contributed by atoms with E-state index in [9.17, 15) is 0 Å². The van der Waals surface area contributed by atoms with Crippen molar-refractivity contribution in [2.24, 2.45) is 0 Å². The molecule has 0 radical (unpaired) electrons. The molecule has 1 spiro atoms. The molecule has 2 unspecified atom stereocenters. The lowest BCUT2D eigenvalue weighted by Gasteiger charge is -2.49. The predicted molar refractivity (Wildman–Crippen MR) is 75.9 cm³/mol. The van der Waals surface area contributed by atoms with Gasteiger partial charge in [0.2, 0.25) is 0 Å². The molecule has 106 valence electrons. The van der Waals surface area contributed by atoms with Crippen LogP contribution in [0.1, 0.15) is 52.4 Å². The molecule has 0 aromatic rings. The van der Waals surface area contributed by atoms with E-state index in [2.05, 4.69) is 24.1 Å². The van der Waals surface area contributed by atoms with E-state index in [1.807, 2.05) is 7.11 Å². The van der Waals surface area contributed by atoms with E-state index in [4.69, 9.17) is 4.74 Å². The minimum atomic E-state index is 0.423. The summed E-state index contributed by atoms with van der Waals surface area (Å²) in [5.41, 5.74) is 0.423. The van der Waals surface area contributed by atoms with Crippen molar-refractivity contribution in [3.63, 3.8) is 0 Å². The minimum absolute atomic E-state index is 0.423. The van der Waals surface area contributed by atoms with Gasteiger partial charge in [-0.15, -0.1) is 0 Å². The van der Waals surface area contributed by atoms with Crippen LogP contribution in [0.4, 0.5) is 0 Å². The summed E-state index contributed by atoms with van der Waals surface area (Å²) in [6.45, 7) is 7.86. The maximum atomic E-state index is 5.37. The summed E-state index contributed by atoms with van der Waals surface area (Å²) in [5, 5.41) is 3.87. The molecule has 0 amide bonds. The number of hydrogen-bond acceptors (Lipinski definition) is 3. The Labute approximate surface area is 112 Å². The van der Waals surface area contributed by atoms with Crippen molar-refractivity contribution in [2.75, 3.05) is 26.8 Å². The smallest absolute Gasteiger partial charge is 0.0615 e. The molecular formula is C15H30N2O. The van der Waals surface area contributed by atoms with Crippen molar-refractivity contribution >= 4 is 0 Å². The van der Waals surface area contributed by atoms with E-state index in [-0.39, 0.29) is 0 Å². The lowest BCUT2D eigenvalue weighted by Crippen LogP contribution is -2.65. The second-order valence-electron chi connectivity index (χ2n) is 6.29. The van der Waals surface area contributed by atoms with Gasteiger partial charge in [0.05, 0.1) is 6.61 Å². The molecule has 2 aliphatic rings. The van der Waals surface area contributed by atoms with Crippen LogP contribution in [0.15, 0.2) is 0 Å². The van der Waals surface area contributed by atoms with E-state index >= 15 is 0 Å². The van der Waals surface area contributed by atoms with Crippen molar-refractivity contribution in [1.82, 2.24) is 10.2 Å². The molecule has 1 saturated heterocycles. The first-order valence-corrected chi connectivity index (χ1v) is 7.70. The molecule has 1 aliphatic heterocycles. The number of nitrogens with zero attached hydrogens (tertiary/aromatic N) is 1. The Morgan fingerprint density at radius 1 is 1.39 bits per heavy atom. The molecule has 3 heteroatoms. The third-order valence-electron chi connectivity index (χ3n) is 4.82. The van der Waals surface area contributed by atoms with E-state index in [1.54, 1.807) is 0 Å². The first-order chi connectivity index (χ1) is 8.71. The average molecular weight is 254 g/mol. The van der Waals surface area contributed by atoms with Crippen LogP contribution >= 0.6 is 0 Å². The molecular weight excluding hydrogens is 224 g/mol. The Morgan fingerprint density at radius 3 is 2.72 bits per heavy atom. The standard InChI is InChI=1S/C15H30N2O/c1-4-7-14-10-16-15(8-5-6-9-15)12-17(14)13(2)11-18-3/h13-14,16H,4-12H2,1-3H3. The van der Waals surface area contributed by atoms with E-state index < -0.39 is 0 Å². The fraction of sp³-hybridized carbons (Fsp3) is 1.00. The fourth-order valence-electron chi connectivity index (χ4n) is 3.83. The number of rotatable bonds is 5. The lowest BCUT2D eigenvalue weighted by atomic mass is 9.90. The fourth-order valence-corrected chi connectivity index (χ4v) is 3.83. The van der Waals surface area contributed by atoms with Crippen LogP contribution in [0, 0.1) is 0 Å². The average Bonchev–Trinajstić information content (AvgIpc) is 2.81. The summed E-state index contributed by atoms with van der Waals surface area (Å²) in [6, 6.07) is 1.25. The Balaban J connectivity index is 2.02. The van der Waals surface area contributed by atoms with Gasteiger partial charge in [-0.2, -0.15) is 0 Å². The highest BCUT2D eigenvalue weighted by Crippen LogP contribution is 2.34. The monoisotopic (exact) mass is 254 g/mol. The molecule has 1 saturated carbocycles. The van der Waals surface area contributed by atoms with Gasteiger partial charge in [-0.3, -0.25) is 4.90 Å². The third-order valence-corrected chi connectivity index (χ3v) is 4.82. The molecule has 18 heavy (non-hydrogen) atoms. The highest BCUT2D eigenvalue weighted by atomic mass is 16.5. The Kier molecular flexibility index (Phi) is 5.05. The Bertz CT molecular complexity index is 251. The van der Waals surface area contributed by atoms with Crippen LogP contribution in [-0.4, -0.2) is 49.3 Å². The molecule has 2 fully saturated rings. The molecule has 0 aromatic carbocycles. The maximum Gasteiger partial charge on any atom is 0.0615 e. The van der Waals surface area contributed by atoms with Gasteiger partial charge in [-0.1, -0.05) is 26.2 Å². The minimum Gasteiger partial charge on any atom is -0.383 e. The van der Waals surface area contributed by atoms with E-state index in [1.165, 1.54) is 51.6 Å². The molecule has 1 aliphatic carbocycles. The van der Waals surface area contributed by atoms with Gasteiger partial charge in [0.25, 0.3) is 0 Å². The van der Waals surface area contributed by atoms with Gasteiger partial charge in [0.1, 0.15) is 0 Å². The maximum absolute atomic E-state index is 5.37. The summed E-state index contributed by atoms with van der Waals surface area (Å²) < 4.78 is 5.37. The zero-order chi connectivity index (χ0) is 13.0. The summed E-state index contributed by atoms with van der Waals surface area (Å²) in [7, 11) is 1.82. The molecule has 2 rings (SSSR count). The number of nitrogens with one attached hydrogen (secondary N) is 1. The van der Waals surface area contributed by atoms with Gasteiger partial charge in [0, 0.05) is 37.8 Å². The van der Waals surface area contributed by atoms with Crippen LogP contribution in [0.3, 0.4) is 0 Å². The largest absolute Gasteiger partial charge is 0.383 e. The van der Waals surface area contributed by atoms with Gasteiger partial charge in [0.15, 0.2) is 0 Å². The number of ether oxygens (including phenoxy) is 1. The van der Waals surface area contributed by atoms with E-state index in [0.29, 0.717) is 17.6 Å². The van der Waals surface area contributed by atoms with Crippen molar-refractivity contribution in [3.05, 3.63) is 0 Å². The molecule has 0 aromatic heterocycles. The highest BCUT2D eigenvalue weighted by Gasteiger charge is 2.41. The summed E-state index contributed by atoms with van der Waals surface area (Å²) in [6.07, 6.45) is 8.10. The number of piperazine rings is 1. The topological polar surface area (TPSA) is 24.5 Å². The second kappa shape index (κ2) is 6.36. The van der Waals surface area contributed by atoms with E-state index in [0.717, 1.165) is 6.61 Å². The highest BCUT2D eigenvalue weighted by molar-refractivity contribution is 5.01. The molecule has 2 atom stereocenters. The molecule has 0 bridgehead atoms. The van der Waals surface area contributed by atoms with Crippen molar-refractivity contribution in [2.45, 2.75) is 70.0 Å². The Morgan fingerprint density at radius 2 is 2.11 bits per heavy atom. The van der Waals surface area contributed by atoms with Crippen LogP contribution < -0.4 is 5.32 Å². The van der Waals surface area contributed by atoms with Gasteiger partial charge in [-0.05, 0) is 26.2 Å². The summed E-state index contributed by atoms with van der Waals surface area (Å²) in [4.78, 5) is 2.72.